The molecule has 0 aliphatic rings. The third-order valence-electron chi connectivity index (χ3n) is 6.37. The summed E-state index contributed by atoms with van der Waals surface area (Å²) in [6.45, 7) is 0.938. The van der Waals surface area contributed by atoms with E-state index in [-0.39, 0.29) is 0 Å². The number of carbonyl (C=O) groups excluding carboxylic acids is 1. The number of amides is 1. The summed E-state index contributed by atoms with van der Waals surface area (Å²) in [5.41, 5.74) is 11.8. The Morgan fingerprint density at radius 2 is 1.70 bits per heavy atom. The molecule has 1 amide bonds. The minimum atomic E-state index is -0.490. The van der Waals surface area contributed by atoms with Gasteiger partial charge < -0.3 is 11.1 Å². The Hall–Kier alpha value is -4.65. The molecular formula is C30H30N6O. The molecule has 5 rings (SSSR count). The van der Waals surface area contributed by atoms with Crippen LogP contribution in [0.1, 0.15) is 35.3 Å². The molecule has 186 valence electrons. The molecule has 0 unspecified atom stereocenters. The van der Waals surface area contributed by atoms with Crippen LogP contribution >= 0.6 is 0 Å². The average molecular weight is 491 g/mol. The fourth-order valence-electron chi connectivity index (χ4n) is 4.55. The zero-order valence-corrected chi connectivity index (χ0v) is 20.6. The molecule has 37 heavy (non-hydrogen) atoms. The van der Waals surface area contributed by atoms with Crippen LogP contribution in [0.3, 0.4) is 0 Å². The molecule has 7 nitrogen and oxygen atoms in total. The third-order valence-corrected chi connectivity index (χ3v) is 6.37. The van der Waals surface area contributed by atoms with Crippen LogP contribution in [0.4, 0.5) is 5.69 Å². The third kappa shape index (κ3) is 5.62. The first kappa shape index (κ1) is 24.1. The van der Waals surface area contributed by atoms with E-state index in [1.807, 2.05) is 66.9 Å². The van der Waals surface area contributed by atoms with Gasteiger partial charge in [0.05, 0.1) is 17.5 Å². The van der Waals surface area contributed by atoms with Gasteiger partial charge in [-0.25, -0.2) is 4.98 Å². The molecule has 5 aromatic rings. The summed E-state index contributed by atoms with van der Waals surface area (Å²) in [4.78, 5) is 17.5. The molecule has 0 saturated heterocycles. The first-order valence-electron chi connectivity index (χ1n) is 12.6. The van der Waals surface area contributed by atoms with Gasteiger partial charge in [0, 0.05) is 41.4 Å². The van der Waals surface area contributed by atoms with E-state index < -0.39 is 5.91 Å². The zero-order valence-electron chi connectivity index (χ0n) is 20.6. The van der Waals surface area contributed by atoms with Gasteiger partial charge in [0.25, 0.3) is 0 Å². The number of nitrogens with two attached hydrogens (primary N) is 1. The molecule has 2 heterocycles. The summed E-state index contributed by atoms with van der Waals surface area (Å²) < 4.78 is 2.05. The van der Waals surface area contributed by atoms with Gasteiger partial charge >= 0.3 is 0 Å². The Bertz CT molecular complexity index is 1440. The highest BCUT2D eigenvalue weighted by molar-refractivity contribution is 6.03. The number of primary amides is 1. The monoisotopic (exact) mass is 490 g/mol. The van der Waals surface area contributed by atoms with Crippen molar-refractivity contribution in [2.24, 2.45) is 5.73 Å². The molecule has 0 spiro atoms. The maximum absolute atomic E-state index is 12.5. The van der Waals surface area contributed by atoms with Crippen LogP contribution in [0, 0.1) is 0 Å². The average Bonchev–Trinajstić information content (AvgIpc) is 3.62. The Labute approximate surface area is 216 Å². The number of anilines is 1. The Morgan fingerprint density at radius 1 is 0.919 bits per heavy atom. The van der Waals surface area contributed by atoms with Crippen LogP contribution in [0.2, 0.25) is 0 Å². The number of para-hydroxylation sites is 2. The fraction of sp³-hybridized carbons (Fsp3) is 0.167. The molecule has 0 aliphatic carbocycles. The van der Waals surface area contributed by atoms with Crippen molar-refractivity contribution in [3.8, 4) is 28.2 Å². The molecule has 0 radical (unpaired) electrons. The molecule has 0 atom stereocenters. The molecular weight excluding hydrogens is 460 g/mol. The normalized spacial score (nSPS) is 10.9. The smallest absolute Gasteiger partial charge is 0.249 e. The summed E-state index contributed by atoms with van der Waals surface area (Å²) in [7, 11) is 0. The van der Waals surface area contributed by atoms with Crippen molar-refractivity contribution < 1.29 is 4.79 Å². The highest BCUT2D eigenvalue weighted by Gasteiger charge is 2.22. The van der Waals surface area contributed by atoms with Gasteiger partial charge in [-0.05, 0) is 55.2 Å². The number of hydrogen-bond acceptors (Lipinski definition) is 4. The van der Waals surface area contributed by atoms with Crippen molar-refractivity contribution in [1.29, 1.82) is 0 Å². The lowest BCUT2D eigenvalue weighted by molar-refractivity contribution is 0.100. The number of aromatic nitrogens is 4. The predicted octanol–water partition coefficient (Wildman–Crippen LogP) is 5.85. The van der Waals surface area contributed by atoms with Crippen molar-refractivity contribution >= 4 is 11.6 Å². The number of carbonyl (C=O) groups is 1. The summed E-state index contributed by atoms with van der Waals surface area (Å²) in [5.74, 6) is 0.202. The topological polar surface area (TPSA) is 102 Å². The van der Waals surface area contributed by atoms with Gasteiger partial charge in [0.2, 0.25) is 5.91 Å². The number of aromatic amines is 1. The number of nitrogens with zero attached hydrogens (tertiary/aromatic N) is 3. The number of unbranched alkanes of at least 4 members (excludes halogenated alkanes) is 2. The Balaban J connectivity index is 1.41. The zero-order chi connectivity index (χ0) is 25.5. The second kappa shape index (κ2) is 11.4. The van der Waals surface area contributed by atoms with Crippen molar-refractivity contribution in [1.82, 2.24) is 19.7 Å². The number of nitrogens with one attached hydrogen (secondary N) is 2. The van der Waals surface area contributed by atoms with E-state index in [0.717, 1.165) is 60.4 Å². The first-order valence-corrected chi connectivity index (χ1v) is 12.6. The molecule has 4 N–H and O–H groups in total. The van der Waals surface area contributed by atoms with E-state index in [0.29, 0.717) is 17.0 Å². The van der Waals surface area contributed by atoms with Gasteiger partial charge in [-0.3, -0.25) is 14.5 Å². The Morgan fingerprint density at radius 3 is 2.43 bits per heavy atom. The first-order chi connectivity index (χ1) is 18.2. The number of H-pyrrole nitrogens is 1. The van der Waals surface area contributed by atoms with E-state index in [9.17, 15) is 4.79 Å². The lowest BCUT2D eigenvalue weighted by atomic mass is 9.96. The van der Waals surface area contributed by atoms with Crippen LogP contribution in [-0.2, 0) is 6.42 Å². The second-order valence-corrected chi connectivity index (χ2v) is 8.94. The summed E-state index contributed by atoms with van der Waals surface area (Å²) in [6.07, 6.45) is 9.66. The standard InChI is InChI=1S/C30H30N6O/c31-29(37)27-17-10-16-26(22-19-33-34-20-22)28(27)30-35-24(21-36(30)25-14-7-2-8-15-25)13-6-3-9-18-32-23-11-4-1-5-12-23/h1-2,4-5,7-8,10-12,14-17,19-21,32H,3,6,9,13,18H2,(H2,31,37)(H,33,34). The summed E-state index contributed by atoms with van der Waals surface area (Å²) in [5, 5.41) is 10.4. The maximum Gasteiger partial charge on any atom is 0.249 e. The number of rotatable bonds is 11. The van der Waals surface area contributed by atoms with Gasteiger partial charge in [0.15, 0.2) is 0 Å². The van der Waals surface area contributed by atoms with Crippen molar-refractivity contribution in [3.63, 3.8) is 0 Å². The molecule has 0 fully saturated rings. The molecule has 2 aromatic heterocycles. The minimum Gasteiger partial charge on any atom is -0.385 e. The predicted molar refractivity (Wildman–Crippen MR) is 148 cm³/mol. The van der Waals surface area contributed by atoms with Gasteiger partial charge in [-0.1, -0.05) is 55.0 Å². The van der Waals surface area contributed by atoms with Gasteiger partial charge in [-0.2, -0.15) is 5.10 Å². The molecule has 0 bridgehead atoms. The molecule has 0 aliphatic heterocycles. The highest BCUT2D eigenvalue weighted by Crippen LogP contribution is 2.35. The second-order valence-electron chi connectivity index (χ2n) is 8.94. The maximum atomic E-state index is 12.5. The summed E-state index contributed by atoms with van der Waals surface area (Å²) in [6, 6.07) is 25.9. The van der Waals surface area contributed by atoms with Crippen LogP contribution < -0.4 is 11.1 Å². The van der Waals surface area contributed by atoms with Crippen LogP contribution in [0.25, 0.3) is 28.2 Å². The van der Waals surface area contributed by atoms with E-state index in [1.54, 1.807) is 12.3 Å². The van der Waals surface area contributed by atoms with Crippen molar-refractivity contribution in [2.45, 2.75) is 25.7 Å². The largest absolute Gasteiger partial charge is 0.385 e. The number of hydrogen-bond donors (Lipinski definition) is 3. The minimum absolute atomic E-state index is 0.431. The number of imidazole rings is 1. The molecule has 0 saturated carbocycles. The van der Waals surface area contributed by atoms with E-state index in [4.69, 9.17) is 10.7 Å². The Kier molecular flexibility index (Phi) is 7.41. The van der Waals surface area contributed by atoms with Crippen molar-refractivity contribution in [3.05, 3.63) is 109 Å². The van der Waals surface area contributed by atoms with E-state index in [2.05, 4.69) is 38.4 Å². The fourth-order valence-corrected chi connectivity index (χ4v) is 4.55. The van der Waals surface area contributed by atoms with Crippen LogP contribution in [0.5, 0.6) is 0 Å². The van der Waals surface area contributed by atoms with Gasteiger partial charge in [0.1, 0.15) is 5.82 Å². The quantitative estimate of drug-likeness (QED) is 0.202. The lowest BCUT2D eigenvalue weighted by Gasteiger charge is -2.14. The lowest BCUT2D eigenvalue weighted by Crippen LogP contribution is -2.14. The van der Waals surface area contributed by atoms with E-state index in [1.165, 1.54) is 0 Å². The summed E-state index contributed by atoms with van der Waals surface area (Å²) >= 11 is 0. The van der Waals surface area contributed by atoms with E-state index >= 15 is 0 Å². The molecule has 7 heteroatoms. The van der Waals surface area contributed by atoms with Gasteiger partial charge in [-0.15, -0.1) is 0 Å². The number of benzene rings is 3. The highest BCUT2D eigenvalue weighted by atomic mass is 16.1. The van der Waals surface area contributed by atoms with Crippen LogP contribution in [0.15, 0.2) is 97.5 Å². The number of aryl methyl sites for hydroxylation is 1. The van der Waals surface area contributed by atoms with Crippen LogP contribution in [-0.4, -0.2) is 32.2 Å². The molecule has 3 aromatic carbocycles. The SMILES string of the molecule is NC(=O)c1cccc(-c2cn[nH]c2)c1-c1nc(CCCCCNc2ccccc2)cn1-c1ccccc1. The van der Waals surface area contributed by atoms with Crippen molar-refractivity contribution in [2.75, 3.05) is 11.9 Å².